The fourth-order valence-corrected chi connectivity index (χ4v) is 2.45. The molecule has 0 saturated heterocycles. The van der Waals surface area contributed by atoms with E-state index in [9.17, 15) is 5.11 Å². The second kappa shape index (κ2) is 7.10. The standard InChI is InChI=1S/C19H20N4O/c1-23(2)13-14-4-3-5-15(12-14)18-10-11-20-19(22-18)21-16-6-8-17(24)9-7-16/h3-12,24H,13H2,1-2H3,(H,20,21,22). The third kappa shape index (κ3) is 4.08. The molecule has 0 spiro atoms. The van der Waals surface area contributed by atoms with Gasteiger partial charge in [0.15, 0.2) is 0 Å². The maximum absolute atomic E-state index is 9.34. The van der Waals surface area contributed by atoms with Crippen LogP contribution in [0.3, 0.4) is 0 Å². The van der Waals surface area contributed by atoms with Gasteiger partial charge in [0, 0.05) is 24.0 Å². The summed E-state index contributed by atoms with van der Waals surface area (Å²) in [7, 11) is 4.11. The summed E-state index contributed by atoms with van der Waals surface area (Å²) in [4.78, 5) is 11.0. The average molecular weight is 320 g/mol. The van der Waals surface area contributed by atoms with E-state index >= 15 is 0 Å². The van der Waals surface area contributed by atoms with Crippen LogP contribution in [-0.2, 0) is 6.54 Å². The van der Waals surface area contributed by atoms with Crippen LogP contribution in [0.4, 0.5) is 11.6 Å². The van der Waals surface area contributed by atoms with E-state index in [1.165, 1.54) is 5.56 Å². The fraction of sp³-hybridized carbons (Fsp3) is 0.158. The zero-order chi connectivity index (χ0) is 16.9. The third-order valence-electron chi connectivity index (χ3n) is 3.50. The molecule has 0 fully saturated rings. The van der Waals surface area contributed by atoms with E-state index in [0.29, 0.717) is 5.95 Å². The third-order valence-corrected chi connectivity index (χ3v) is 3.50. The van der Waals surface area contributed by atoms with Gasteiger partial charge in [0.1, 0.15) is 5.75 Å². The first-order chi connectivity index (χ1) is 11.6. The van der Waals surface area contributed by atoms with Gasteiger partial charge in [-0.2, -0.15) is 0 Å². The van der Waals surface area contributed by atoms with Gasteiger partial charge in [-0.25, -0.2) is 9.97 Å². The molecule has 0 unspecified atom stereocenters. The number of hydrogen-bond acceptors (Lipinski definition) is 5. The zero-order valence-corrected chi connectivity index (χ0v) is 13.8. The molecule has 5 heteroatoms. The first-order valence-corrected chi connectivity index (χ1v) is 7.73. The van der Waals surface area contributed by atoms with Gasteiger partial charge in [-0.05, 0) is 56.1 Å². The minimum atomic E-state index is 0.230. The molecule has 2 N–H and O–H groups in total. The van der Waals surface area contributed by atoms with Gasteiger partial charge in [0.25, 0.3) is 0 Å². The SMILES string of the molecule is CN(C)Cc1cccc(-c2ccnc(Nc3ccc(O)cc3)n2)c1. The molecule has 0 radical (unpaired) electrons. The summed E-state index contributed by atoms with van der Waals surface area (Å²) in [6, 6.07) is 17.1. The summed E-state index contributed by atoms with van der Waals surface area (Å²) in [6.45, 7) is 0.886. The van der Waals surface area contributed by atoms with E-state index in [4.69, 9.17) is 0 Å². The molecule has 1 heterocycles. The number of anilines is 2. The number of phenols is 1. The molecule has 0 atom stereocenters. The lowest BCUT2D eigenvalue weighted by Crippen LogP contribution is -2.10. The van der Waals surface area contributed by atoms with Gasteiger partial charge < -0.3 is 15.3 Å². The molecule has 0 saturated carbocycles. The van der Waals surface area contributed by atoms with Crippen LogP contribution < -0.4 is 5.32 Å². The number of nitrogens with zero attached hydrogens (tertiary/aromatic N) is 3. The van der Waals surface area contributed by atoms with E-state index in [1.54, 1.807) is 30.5 Å². The van der Waals surface area contributed by atoms with Crippen molar-refractivity contribution in [1.82, 2.24) is 14.9 Å². The molecule has 2 aromatic carbocycles. The van der Waals surface area contributed by atoms with Crippen LogP contribution in [-0.4, -0.2) is 34.1 Å². The van der Waals surface area contributed by atoms with Crippen LogP contribution in [0.2, 0.25) is 0 Å². The van der Waals surface area contributed by atoms with Crippen molar-refractivity contribution in [3.8, 4) is 17.0 Å². The minimum absolute atomic E-state index is 0.230. The first-order valence-electron chi connectivity index (χ1n) is 7.73. The van der Waals surface area contributed by atoms with E-state index in [0.717, 1.165) is 23.5 Å². The quantitative estimate of drug-likeness (QED) is 0.703. The Balaban J connectivity index is 1.83. The van der Waals surface area contributed by atoms with Gasteiger partial charge >= 0.3 is 0 Å². The van der Waals surface area contributed by atoms with Crippen molar-refractivity contribution in [3.63, 3.8) is 0 Å². The maximum Gasteiger partial charge on any atom is 0.227 e. The molecule has 3 rings (SSSR count). The smallest absolute Gasteiger partial charge is 0.227 e. The minimum Gasteiger partial charge on any atom is -0.508 e. The molecule has 1 aromatic heterocycles. The second-order valence-electron chi connectivity index (χ2n) is 5.88. The lowest BCUT2D eigenvalue weighted by molar-refractivity contribution is 0.402. The second-order valence-corrected chi connectivity index (χ2v) is 5.88. The van der Waals surface area contributed by atoms with E-state index < -0.39 is 0 Å². The van der Waals surface area contributed by atoms with Crippen molar-refractivity contribution >= 4 is 11.6 Å². The molecule has 0 amide bonds. The Morgan fingerprint density at radius 3 is 2.58 bits per heavy atom. The number of rotatable bonds is 5. The highest BCUT2D eigenvalue weighted by Crippen LogP contribution is 2.21. The summed E-state index contributed by atoms with van der Waals surface area (Å²) < 4.78 is 0. The Kier molecular flexibility index (Phi) is 4.72. The van der Waals surface area contributed by atoms with E-state index in [-0.39, 0.29) is 5.75 Å². The van der Waals surface area contributed by atoms with Gasteiger partial charge in [-0.15, -0.1) is 0 Å². The normalized spacial score (nSPS) is 10.8. The van der Waals surface area contributed by atoms with Crippen molar-refractivity contribution in [2.24, 2.45) is 0 Å². The number of benzene rings is 2. The van der Waals surface area contributed by atoms with Gasteiger partial charge in [0.05, 0.1) is 5.69 Å². The molecular formula is C19H20N4O. The number of phenolic OH excluding ortho intramolecular Hbond substituents is 1. The highest BCUT2D eigenvalue weighted by atomic mass is 16.3. The summed E-state index contributed by atoms with van der Waals surface area (Å²) in [6.07, 6.45) is 1.74. The molecule has 0 aliphatic carbocycles. The van der Waals surface area contributed by atoms with E-state index in [1.807, 2.05) is 18.2 Å². The van der Waals surface area contributed by atoms with Crippen LogP contribution in [0.25, 0.3) is 11.3 Å². The Hall–Kier alpha value is -2.92. The molecule has 0 bridgehead atoms. The fourth-order valence-electron chi connectivity index (χ4n) is 2.45. The molecular weight excluding hydrogens is 300 g/mol. The number of aromatic nitrogens is 2. The van der Waals surface area contributed by atoms with Gasteiger partial charge in [0.2, 0.25) is 5.95 Å². The molecule has 5 nitrogen and oxygen atoms in total. The van der Waals surface area contributed by atoms with Crippen LogP contribution >= 0.6 is 0 Å². The number of hydrogen-bond donors (Lipinski definition) is 2. The Bertz CT molecular complexity index is 816. The van der Waals surface area contributed by atoms with Crippen LogP contribution in [0.1, 0.15) is 5.56 Å². The average Bonchev–Trinajstić information content (AvgIpc) is 2.57. The largest absolute Gasteiger partial charge is 0.508 e. The van der Waals surface area contributed by atoms with Crippen molar-refractivity contribution in [2.75, 3.05) is 19.4 Å². The van der Waals surface area contributed by atoms with Crippen molar-refractivity contribution in [2.45, 2.75) is 6.54 Å². The van der Waals surface area contributed by atoms with Crippen LogP contribution in [0.5, 0.6) is 5.75 Å². The topological polar surface area (TPSA) is 61.3 Å². The Morgan fingerprint density at radius 1 is 1.04 bits per heavy atom. The molecule has 0 aliphatic heterocycles. The summed E-state index contributed by atoms with van der Waals surface area (Å²) in [5, 5.41) is 12.5. The van der Waals surface area contributed by atoms with E-state index in [2.05, 4.69) is 46.4 Å². The highest BCUT2D eigenvalue weighted by Gasteiger charge is 2.05. The molecule has 24 heavy (non-hydrogen) atoms. The van der Waals surface area contributed by atoms with Crippen molar-refractivity contribution in [3.05, 3.63) is 66.4 Å². The van der Waals surface area contributed by atoms with Crippen molar-refractivity contribution < 1.29 is 5.11 Å². The maximum atomic E-state index is 9.34. The molecule has 122 valence electrons. The van der Waals surface area contributed by atoms with Gasteiger partial charge in [-0.3, -0.25) is 0 Å². The molecule has 3 aromatic rings. The van der Waals surface area contributed by atoms with Gasteiger partial charge in [-0.1, -0.05) is 18.2 Å². The Labute approximate surface area is 141 Å². The lowest BCUT2D eigenvalue weighted by Gasteiger charge is -2.11. The highest BCUT2D eigenvalue weighted by molar-refractivity contribution is 5.62. The summed E-state index contributed by atoms with van der Waals surface area (Å²) in [5.41, 5.74) is 3.99. The molecule has 0 aliphatic rings. The Morgan fingerprint density at radius 2 is 1.83 bits per heavy atom. The predicted molar refractivity (Wildman–Crippen MR) is 96.2 cm³/mol. The zero-order valence-electron chi connectivity index (χ0n) is 13.8. The first kappa shape index (κ1) is 16.0. The van der Waals surface area contributed by atoms with Crippen molar-refractivity contribution in [1.29, 1.82) is 0 Å². The monoisotopic (exact) mass is 320 g/mol. The summed E-state index contributed by atoms with van der Waals surface area (Å²) in [5.74, 6) is 0.754. The number of aromatic hydroxyl groups is 1. The van der Waals surface area contributed by atoms with Crippen LogP contribution in [0, 0.1) is 0 Å². The lowest BCUT2D eigenvalue weighted by atomic mass is 10.1. The predicted octanol–water partition coefficient (Wildman–Crippen LogP) is 3.65. The summed E-state index contributed by atoms with van der Waals surface area (Å²) >= 11 is 0. The van der Waals surface area contributed by atoms with Crippen LogP contribution in [0.15, 0.2) is 60.8 Å². The number of nitrogens with one attached hydrogen (secondary N) is 1.